The van der Waals surface area contributed by atoms with Gasteiger partial charge in [-0.25, -0.2) is 4.79 Å². The number of amides is 1. The largest absolute Gasteiger partial charge is 0.485 e. The third-order valence-corrected chi connectivity index (χ3v) is 3.52. The second-order valence-electron chi connectivity index (χ2n) is 6.98. The molecule has 0 radical (unpaired) electrons. The highest BCUT2D eigenvalue weighted by Crippen LogP contribution is 2.30. The number of carbonyl (C=O) groups excluding carboxylic acids is 1. The first-order valence-corrected chi connectivity index (χ1v) is 8.05. The molecule has 1 aromatic rings. The normalized spacial score (nSPS) is 14.2. The van der Waals surface area contributed by atoms with Crippen molar-refractivity contribution in [3.63, 3.8) is 0 Å². The maximum absolute atomic E-state index is 12.2. The molecule has 0 heterocycles. The van der Waals surface area contributed by atoms with Crippen LogP contribution in [0.3, 0.4) is 0 Å². The van der Waals surface area contributed by atoms with E-state index in [1.165, 1.54) is 6.07 Å². The van der Waals surface area contributed by atoms with Crippen molar-refractivity contribution in [3.05, 3.63) is 33.9 Å². The van der Waals surface area contributed by atoms with Gasteiger partial charge in [-0.05, 0) is 52.2 Å². The van der Waals surface area contributed by atoms with Crippen LogP contribution in [-0.2, 0) is 4.74 Å². The van der Waals surface area contributed by atoms with Crippen LogP contribution < -0.4 is 4.74 Å². The lowest BCUT2D eigenvalue weighted by atomic mass is 10.2. The molecule has 1 aliphatic carbocycles. The summed E-state index contributed by atoms with van der Waals surface area (Å²) in [6, 6.07) is 5.00. The molecule has 0 aliphatic heterocycles. The van der Waals surface area contributed by atoms with E-state index >= 15 is 0 Å². The number of hydrogen-bond acceptors (Lipinski definition) is 5. The molecule has 1 aromatic carbocycles. The zero-order chi connectivity index (χ0) is 17.9. The summed E-state index contributed by atoms with van der Waals surface area (Å²) in [5.41, 5.74) is 0.175. The molecule has 0 spiro atoms. The molecule has 0 atom stereocenters. The minimum atomic E-state index is -0.555. The van der Waals surface area contributed by atoms with Crippen LogP contribution in [-0.4, -0.2) is 40.7 Å². The molecular weight excluding hydrogens is 312 g/mol. The summed E-state index contributed by atoms with van der Waals surface area (Å²) in [6.45, 7) is 7.77. The van der Waals surface area contributed by atoms with Gasteiger partial charge in [0.15, 0.2) is 5.75 Å². The summed E-state index contributed by atoms with van der Waals surface area (Å²) in [6.07, 6.45) is 1.53. The van der Waals surface area contributed by atoms with Crippen LogP contribution >= 0.6 is 0 Å². The molecular formula is C17H24N2O5. The molecule has 1 fully saturated rings. The van der Waals surface area contributed by atoms with E-state index in [0.29, 0.717) is 6.54 Å². The average Bonchev–Trinajstić information content (AvgIpc) is 3.27. The summed E-state index contributed by atoms with van der Waals surface area (Å²) in [7, 11) is 0. The standard InChI is InChI=1S/C17H24N2O5/c1-12-5-8-15(14(11-12)19(21)22)23-10-9-18(13-6-7-13)16(20)24-17(2,3)4/h5,8,11,13H,6-7,9-10H2,1-4H3. The molecule has 2 rings (SSSR count). The number of aryl methyl sites for hydroxylation is 1. The first-order chi connectivity index (χ1) is 11.2. The Hall–Kier alpha value is -2.31. The molecule has 132 valence electrons. The van der Waals surface area contributed by atoms with Gasteiger partial charge >= 0.3 is 11.8 Å². The molecule has 1 amide bonds. The third-order valence-electron chi connectivity index (χ3n) is 3.52. The van der Waals surface area contributed by atoms with Gasteiger partial charge < -0.3 is 14.4 Å². The van der Waals surface area contributed by atoms with Crippen LogP contribution in [0.1, 0.15) is 39.2 Å². The summed E-state index contributed by atoms with van der Waals surface area (Å²) in [4.78, 5) is 24.5. The highest BCUT2D eigenvalue weighted by Gasteiger charge is 2.35. The van der Waals surface area contributed by atoms with Crippen LogP contribution in [0.25, 0.3) is 0 Å². The molecule has 0 aromatic heterocycles. The zero-order valence-corrected chi connectivity index (χ0v) is 14.6. The van der Waals surface area contributed by atoms with Crippen LogP contribution in [0.4, 0.5) is 10.5 Å². The minimum absolute atomic E-state index is 0.0646. The topological polar surface area (TPSA) is 81.9 Å². The van der Waals surface area contributed by atoms with Crippen molar-refractivity contribution in [2.75, 3.05) is 13.2 Å². The van der Waals surface area contributed by atoms with E-state index in [9.17, 15) is 14.9 Å². The maximum Gasteiger partial charge on any atom is 0.410 e. The Morgan fingerprint density at radius 3 is 2.58 bits per heavy atom. The highest BCUT2D eigenvalue weighted by molar-refractivity contribution is 5.69. The van der Waals surface area contributed by atoms with Gasteiger partial charge in [0.25, 0.3) is 0 Å². The van der Waals surface area contributed by atoms with E-state index in [4.69, 9.17) is 9.47 Å². The fourth-order valence-electron chi connectivity index (χ4n) is 2.28. The summed E-state index contributed by atoms with van der Waals surface area (Å²) in [5, 5.41) is 11.1. The lowest BCUT2D eigenvalue weighted by Gasteiger charge is -2.27. The lowest BCUT2D eigenvalue weighted by Crippen LogP contribution is -2.40. The monoisotopic (exact) mass is 336 g/mol. The van der Waals surface area contributed by atoms with Gasteiger partial charge in [0.05, 0.1) is 11.5 Å². The van der Waals surface area contributed by atoms with Gasteiger partial charge in [-0.1, -0.05) is 6.07 Å². The van der Waals surface area contributed by atoms with Crippen molar-refractivity contribution in [1.82, 2.24) is 4.90 Å². The van der Waals surface area contributed by atoms with Crippen molar-refractivity contribution in [2.45, 2.75) is 52.2 Å². The van der Waals surface area contributed by atoms with E-state index in [0.717, 1.165) is 18.4 Å². The molecule has 0 saturated heterocycles. The molecule has 24 heavy (non-hydrogen) atoms. The SMILES string of the molecule is Cc1ccc(OCCN(C(=O)OC(C)(C)C)C2CC2)c([N+](=O)[O-])c1. The van der Waals surface area contributed by atoms with Gasteiger partial charge in [-0.2, -0.15) is 0 Å². The Morgan fingerprint density at radius 2 is 2.04 bits per heavy atom. The predicted octanol–water partition coefficient (Wildman–Crippen LogP) is 3.68. The smallest absolute Gasteiger partial charge is 0.410 e. The van der Waals surface area contributed by atoms with Crippen LogP contribution in [0.15, 0.2) is 18.2 Å². The van der Waals surface area contributed by atoms with Gasteiger partial charge in [-0.3, -0.25) is 10.1 Å². The highest BCUT2D eigenvalue weighted by atomic mass is 16.6. The van der Waals surface area contributed by atoms with Crippen molar-refractivity contribution >= 4 is 11.8 Å². The third kappa shape index (κ3) is 5.11. The Balaban J connectivity index is 1.96. The Morgan fingerprint density at radius 1 is 1.38 bits per heavy atom. The molecule has 0 N–H and O–H groups in total. The van der Waals surface area contributed by atoms with E-state index in [1.54, 1.807) is 24.0 Å². The van der Waals surface area contributed by atoms with Crippen molar-refractivity contribution < 1.29 is 19.2 Å². The van der Waals surface area contributed by atoms with Crippen LogP contribution in [0.2, 0.25) is 0 Å². The fraction of sp³-hybridized carbons (Fsp3) is 0.588. The van der Waals surface area contributed by atoms with Gasteiger partial charge in [0, 0.05) is 12.1 Å². The molecule has 0 bridgehead atoms. The Kier molecular flexibility index (Phi) is 5.31. The maximum atomic E-state index is 12.2. The molecule has 1 saturated carbocycles. The van der Waals surface area contributed by atoms with Crippen LogP contribution in [0.5, 0.6) is 5.75 Å². The summed E-state index contributed by atoms with van der Waals surface area (Å²) in [5.74, 6) is 0.213. The number of nitro benzene ring substituents is 1. The van der Waals surface area contributed by atoms with Crippen molar-refractivity contribution in [3.8, 4) is 5.75 Å². The van der Waals surface area contributed by atoms with Gasteiger partial charge in [0.1, 0.15) is 12.2 Å². The molecule has 7 heteroatoms. The second kappa shape index (κ2) is 7.07. The number of ether oxygens (including phenoxy) is 2. The van der Waals surface area contributed by atoms with Crippen molar-refractivity contribution in [2.24, 2.45) is 0 Å². The van der Waals surface area contributed by atoms with Crippen LogP contribution in [0, 0.1) is 17.0 Å². The average molecular weight is 336 g/mol. The molecule has 7 nitrogen and oxygen atoms in total. The predicted molar refractivity (Wildman–Crippen MR) is 89.3 cm³/mol. The first-order valence-electron chi connectivity index (χ1n) is 8.05. The van der Waals surface area contributed by atoms with E-state index in [1.807, 2.05) is 20.8 Å². The second-order valence-corrected chi connectivity index (χ2v) is 6.98. The lowest BCUT2D eigenvalue weighted by molar-refractivity contribution is -0.385. The summed E-state index contributed by atoms with van der Waals surface area (Å²) < 4.78 is 11.0. The number of nitro groups is 1. The van der Waals surface area contributed by atoms with E-state index in [2.05, 4.69) is 0 Å². The fourth-order valence-corrected chi connectivity index (χ4v) is 2.28. The van der Waals surface area contributed by atoms with Gasteiger partial charge in [-0.15, -0.1) is 0 Å². The summed E-state index contributed by atoms with van der Waals surface area (Å²) >= 11 is 0. The zero-order valence-electron chi connectivity index (χ0n) is 14.6. The minimum Gasteiger partial charge on any atom is -0.485 e. The number of nitrogens with zero attached hydrogens (tertiary/aromatic N) is 2. The number of carbonyl (C=O) groups is 1. The number of benzene rings is 1. The molecule has 1 aliphatic rings. The molecule has 0 unspecified atom stereocenters. The first kappa shape index (κ1) is 18.0. The van der Waals surface area contributed by atoms with E-state index < -0.39 is 10.5 Å². The number of hydrogen-bond donors (Lipinski definition) is 0. The van der Waals surface area contributed by atoms with E-state index in [-0.39, 0.29) is 30.2 Å². The number of rotatable bonds is 6. The Bertz CT molecular complexity index is 620. The quantitative estimate of drug-likeness (QED) is 0.584. The Labute approximate surface area is 141 Å². The van der Waals surface area contributed by atoms with Crippen molar-refractivity contribution in [1.29, 1.82) is 0 Å². The van der Waals surface area contributed by atoms with Gasteiger partial charge in [0.2, 0.25) is 0 Å².